The second kappa shape index (κ2) is 3.03. The molecule has 1 rings (SSSR count). The summed E-state index contributed by atoms with van der Waals surface area (Å²) in [5.41, 5.74) is 0. The van der Waals surface area contributed by atoms with Crippen LogP contribution in [-0.2, 0) is 0 Å². The molecule has 2 heteroatoms. The lowest BCUT2D eigenvalue weighted by Crippen LogP contribution is -2.50. The van der Waals surface area contributed by atoms with Gasteiger partial charge >= 0.3 is 0 Å². The number of rotatable bonds is 2. The summed E-state index contributed by atoms with van der Waals surface area (Å²) in [6, 6.07) is 2.48. The van der Waals surface area contributed by atoms with Crippen LogP contribution in [0.15, 0.2) is 0 Å². The van der Waals surface area contributed by atoms with Crippen molar-refractivity contribution >= 4 is 0 Å². The molecule has 0 aromatic rings. The molecule has 1 unspecified atom stereocenters. The molecule has 0 spiro atoms. The van der Waals surface area contributed by atoms with Crippen LogP contribution in [0.4, 0.5) is 0 Å². The minimum absolute atomic E-state index is 0.177. The van der Waals surface area contributed by atoms with Crippen molar-refractivity contribution in [2.45, 2.75) is 26.3 Å². The molecule has 1 atom stereocenters. The van der Waals surface area contributed by atoms with Gasteiger partial charge in [0.2, 0.25) is 0 Å². The first-order valence-electron chi connectivity index (χ1n) is 3.91. The molecule has 0 amide bonds. The van der Waals surface area contributed by atoms with Gasteiger partial charge in [0.15, 0.2) is 0 Å². The van der Waals surface area contributed by atoms with E-state index in [9.17, 15) is 0 Å². The standard InChI is InChI=1S/C8H14N2/c1-3-8(4-9)10-5-7(2)6-10/h7-8H,3,5-6H2,1-2H3. The molecule has 2 nitrogen and oxygen atoms in total. The molecule has 1 aliphatic heterocycles. The molecule has 56 valence electrons. The fraction of sp³-hybridized carbons (Fsp3) is 0.875. The highest BCUT2D eigenvalue weighted by molar-refractivity contribution is 4.95. The predicted octanol–water partition coefficient (Wildman–Crippen LogP) is 1.24. The SMILES string of the molecule is CCC(C#N)N1CC(C)C1. The summed E-state index contributed by atoms with van der Waals surface area (Å²) in [7, 11) is 0. The first-order valence-corrected chi connectivity index (χ1v) is 3.91. The molecule has 0 N–H and O–H groups in total. The van der Waals surface area contributed by atoms with Crippen LogP contribution in [0.2, 0.25) is 0 Å². The summed E-state index contributed by atoms with van der Waals surface area (Å²) < 4.78 is 0. The van der Waals surface area contributed by atoms with Crippen molar-refractivity contribution in [1.82, 2.24) is 4.90 Å². The van der Waals surface area contributed by atoms with Crippen molar-refractivity contribution in [3.63, 3.8) is 0 Å². The molecule has 0 radical (unpaired) electrons. The van der Waals surface area contributed by atoms with E-state index in [-0.39, 0.29) is 6.04 Å². The number of hydrogen-bond acceptors (Lipinski definition) is 2. The molecule has 0 bridgehead atoms. The molecule has 0 saturated carbocycles. The predicted molar refractivity (Wildman–Crippen MR) is 40.4 cm³/mol. The monoisotopic (exact) mass is 138 g/mol. The summed E-state index contributed by atoms with van der Waals surface area (Å²) in [4.78, 5) is 2.24. The lowest BCUT2D eigenvalue weighted by atomic mass is 9.99. The van der Waals surface area contributed by atoms with Gasteiger partial charge in [-0.25, -0.2) is 0 Å². The highest BCUT2D eigenvalue weighted by atomic mass is 15.2. The van der Waals surface area contributed by atoms with Crippen molar-refractivity contribution < 1.29 is 0 Å². The molecule has 10 heavy (non-hydrogen) atoms. The van der Waals surface area contributed by atoms with E-state index < -0.39 is 0 Å². The molecular formula is C8H14N2. The van der Waals surface area contributed by atoms with Crippen LogP contribution >= 0.6 is 0 Å². The minimum Gasteiger partial charge on any atom is -0.287 e. The van der Waals surface area contributed by atoms with Gasteiger partial charge < -0.3 is 0 Å². The van der Waals surface area contributed by atoms with Crippen molar-refractivity contribution in [2.24, 2.45) is 5.92 Å². The zero-order valence-electron chi connectivity index (χ0n) is 6.67. The quantitative estimate of drug-likeness (QED) is 0.574. The third kappa shape index (κ3) is 1.30. The number of nitriles is 1. The summed E-state index contributed by atoms with van der Waals surface area (Å²) in [6.07, 6.45) is 0.962. The van der Waals surface area contributed by atoms with Crippen LogP contribution < -0.4 is 0 Å². The van der Waals surface area contributed by atoms with Gasteiger partial charge in [0.25, 0.3) is 0 Å². The van der Waals surface area contributed by atoms with Crippen molar-refractivity contribution in [1.29, 1.82) is 5.26 Å². The minimum atomic E-state index is 0.177. The summed E-state index contributed by atoms with van der Waals surface area (Å²) in [6.45, 7) is 6.52. The van der Waals surface area contributed by atoms with Crippen LogP contribution in [-0.4, -0.2) is 24.0 Å². The Kier molecular flexibility index (Phi) is 2.29. The molecule has 1 fully saturated rings. The molecule has 0 aromatic heterocycles. The zero-order valence-corrected chi connectivity index (χ0v) is 6.67. The van der Waals surface area contributed by atoms with Gasteiger partial charge in [-0.1, -0.05) is 13.8 Å². The number of likely N-dealkylation sites (tertiary alicyclic amines) is 1. The van der Waals surface area contributed by atoms with Gasteiger partial charge in [0, 0.05) is 13.1 Å². The van der Waals surface area contributed by atoms with E-state index in [1.54, 1.807) is 0 Å². The van der Waals surface area contributed by atoms with Gasteiger partial charge in [-0.05, 0) is 12.3 Å². The Labute approximate surface area is 62.4 Å². The largest absolute Gasteiger partial charge is 0.287 e. The van der Waals surface area contributed by atoms with E-state index in [0.717, 1.165) is 25.4 Å². The molecule has 0 aromatic carbocycles. The van der Waals surface area contributed by atoms with Gasteiger partial charge in [-0.15, -0.1) is 0 Å². The molecule has 1 aliphatic rings. The molecule has 1 saturated heterocycles. The summed E-state index contributed by atoms with van der Waals surface area (Å²) in [5, 5.41) is 8.66. The first-order chi connectivity index (χ1) is 4.77. The van der Waals surface area contributed by atoms with E-state index in [4.69, 9.17) is 5.26 Å². The van der Waals surface area contributed by atoms with E-state index in [1.807, 2.05) is 0 Å². The Morgan fingerprint density at radius 1 is 1.70 bits per heavy atom. The van der Waals surface area contributed by atoms with Crippen molar-refractivity contribution in [3.8, 4) is 6.07 Å². The van der Waals surface area contributed by atoms with Crippen LogP contribution in [0.1, 0.15) is 20.3 Å². The fourth-order valence-electron chi connectivity index (χ4n) is 1.43. The third-order valence-electron chi connectivity index (χ3n) is 2.07. The number of nitrogens with zero attached hydrogens (tertiary/aromatic N) is 2. The molecular weight excluding hydrogens is 124 g/mol. The summed E-state index contributed by atoms with van der Waals surface area (Å²) >= 11 is 0. The van der Waals surface area contributed by atoms with E-state index in [1.165, 1.54) is 0 Å². The van der Waals surface area contributed by atoms with Crippen LogP contribution in [0, 0.1) is 17.2 Å². The van der Waals surface area contributed by atoms with Gasteiger partial charge in [0.05, 0.1) is 12.1 Å². The van der Waals surface area contributed by atoms with E-state index >= 15 is 0 Å². The van der Waals surface area contributed by atoms with Crippen LogP contribution in [0.25, 0.3) is 0 Å². The van der Waals surface area contributed by atoms with Crippen molar-refractivity contribution in [3.05, 3.63) is 0 Å². The van der Waals surface area contributed by atoms with E-state index in [2.05, 4.69) is 24.8 Å². The first kappa shape index (κ1) is 7.56. The highest BCUT2D eigenvalue weighted by Crippen LogP contribution is 2.18. The molecule has 0 aliphatic carbocycles. The lowest BCUT2D eigenvalue weighted by molar-refractivity contribution is 0.0844. The average molecular weight is 138 g/mol. The van der Waals surface area contributed by atoms with Gasteiger partial charge in [-0.2, -0.15) is 5.26 Å². The average Bonchev–Trinajstić information content (AvgIpc) is 1.87. The Hall–Kier alpha value is -0.550. The highest BCUT2D eigenvalue weighted by Gasteiger charge is 2.27. The van der Waals surface area contributed by atoms with E-state index in [0.29, 0.717) is 0 Å². The maximum Gasteiger partial charge on any atom is 0.0975 e. The zero-order chi connectivity index (χ0) is 7.56. The normalized spacial score (nSPS) is 23.3. The topological polar surface area (TPSA) is 27.0 Å². The Morgan fingerprint density at radius 2 is 2.30 bits per heavy atom. The molecule has 1 heterocycles. The second-order valence-electron chi connectivity index (χ2n) is 3.11. The fourth-order valence-corrected chi connectivity index (χ4v) is 1.43. The Morgan fingerprint density at radius 3 is 2.60 bits per heavy atom. The van der Waals surface area contributed by atoms with Crippen LogP contribution in [0.3, 0.4) is 0 Å². The van der Waals surface area contributed by atoms with Crippen molar-refractivity contribution in [2.75, 3.05) is 13.1 Å². The lowest BCUT2D eigenvalue weighted by Gasteiger charge is -2.39. The Bertz CT molecular complexity index is 142. The smallest absolute Gasteiger partial charge is 0.0975 e. The summed E-state index contributed by atoms with van der Waals surface area (Å²) in [5.74, 6) is 0.808. The third-order valence-corrected chi connectivity index (χ3v) is 2.07. The van der Waals surface area contributed by atoms with Gasteiger partial charge in [-0.3, -0.25) is 4.90 Å². The van der Waals surface area contributed by atoms with Crippen LogP contribution in [0.5, 0.6) is 0 Å². The maximum atomic E-state index is 8.66. The Balaban J connectivity index is 2.30. The second-order valence-corrected chi connectivity index (χ2v) is 3.11. The van der Waals surface area contributed by atoms with Gasteiger partial charge in [0.1, 0.15) is 0 Å². The maximum absolute atomic E-state index is 8.66. The number of hydrogen-bond donors (Lipinski definition) is 0.